The van der Waals surface area contributed by atoms with Gasteiger partial charge in [-0.05, 0) is 0 Å². The third-order valence-electron chi connectivity index (χ3n) is 2.13. The monoisotopic (exact) mass is 314 g/mol. The van der Waals surface area contributed by atoms with Gasteiger partial charge in [-0.1, -0.05) is 6.92 Å². The molecule has 0 radical (unpaired) electrons. The molecule has 0 saturated carbocycles. The van der Waals surface area contributed by atoms with Gasteiger partial charge in [-0.2, -0.15) is 0 Å². The molecule has 0 unspecified atom stereocenters. The topological polar surface area (TPSA) is 105 Å². The zero-order valence-corrected chi connectivity index (χ0v) is 12.6. The average Bonchev–Trinajstić information content (AvgIpc) is 2.53. The summed E-state index contributed by atoms with van der Waals surface area (Å²) in [6.07, 6.45) is 3.74. The predicted octanol–water partition coefficient (Wildman–Crippen LogP) is 0.167. The number of carbonyl (C=O) groups excluding carboxylic acids is 4. The van der Waals surface area contributed by atoms with Gasteiger partial charge in [0, 0.05) is 30.2 Å². The minimum Gasteiger partial charge on any atom is -0.466 e. The quantitative estimate of drug-likeness (QED) is 0.354. The Morgan fingerprint density at radius 1 is 0.727 bits per heavy atom. The zero-order chi connectivity index (χ0) is 17.0. The van der Waals surface area contributed by atoms with Crippen molar-refractivity contribution < 1.29 is 38.1 Å². The van der Waals surface area contributed by atoms with E-state index in [0.717, 1.165) is 24.3 Å². The second-order valence-corrected chi connectivity index (χ2v) is 4.08. The van der Waals surface area contributed by atoms with Gasteiger partial charge in [0.15, 0.2) is 0 Å². The maximum absolute atomic E-state index is 11.2. The Morgan fingerprint density at radius 2 is 1.05 bits per heavy atom. The fourth-order valence-electron chi connectivity index (χ4n) is 1.00. The van der Waals surface area contributed by atoms with E-state index in [4.69, 9.17) is 9.47 Å². The Hall–Kier alpha value is -2.64. The van der Waals surface area contributed by atoms with E-state index in [1.165, 1.54) is 14.2 Å². The van der Waals surface area contributed by atoms with Crippen LogP contribution in [-0.4, -0.2) is 51.3 Å². The van der Waals surface area contributed by atoms with Crippen LogP contribution in [0.4, 0.5) is 0 Å². The van der Waals surface area contributed by atoms with Crippen molar-refractivity contribution in [3.63, 3.8) is 0 Å². The molecule has 0 heterocycles. The molecular formula is C14H18O8. The van der Waals surface area contributed by atoms with Crippen LogP contribution >= 0.6 is 0 Å². The summed E-state index contributed by atoms with van der Waals surface area (Å²) in [5.74, 6) is -3.03. The van der Waals surface area contributed by atoms with Gasteiger partial charge in [-0.25, -0.2) is 19.2 Å². The normalized spacial score (nSPS) is 10.7. The van der Waals surface area contributed by atoms with Crippen LogP contribution < -0.4 is 0 Å². The highest BCUT2D eigenvalue weighted by molar-refractivity contribution is 5.92. The predicted molar refractivity (Wildman–Crippen MR) is 73.4 cm³/mol. The minimum absolute atomic E-state index is 0.00164. The highest BCUT2D eigenvalue weighted by Crippen LogP contribution is 1.99. The first kappa shape index (κ1) is 19.4. The number of hydrogen-bond acceptors (Lipinski definition) is 8. The van der Waals surface area contributed by atoms with Crippen molar-refractivity contribution in [1.29, 1.82) is 0 Å². The summed E-state index contributed by atoms with van der Waals surface area (Å²) in [6, 6.07) is 0. The van der Waals surface area contributed by atoms with Gasteiger partial charge in [0.1, 0.15) is 0 Å². The molecule has 0 spiro atoms. The lowest BCUT2D eigenvalue weighted by atomic mass is 10.2. The molecule has 0 bridgehead atoms. The number of rotatable bonds is 8. The minimum atomic E-state index is -0.714. The SMILES string of the molecule is COC(=O)/C=C/C(=O)OCC(C)COC(=O)/C=C/C(=O)OC. The van der Waals surface area contributed by atoms with E-state index in [1.807, 2.05) is 0 Å². The third kappa shape index (κ3) is 10.2. The lowest BCUT2D eigenvalue weighted by Gasteiger charge is -2.10. The molecule has 0 aromatic heterocycles. The Balaban J connectivity index is 3.97. The third-order valence-corrected chi connectivity index (χ3v) is 2.13. The van der Waals surface area contributed by atoms with E-state index in [1.54, 1.807) is 6.92 Å². The Bertz CT molecular complexity index is 421. The fourth-order valence-corrected chi connectivity index (χ4v) is 1.00. The van der Waals surface area contributed by atoms with Gasteiger partial charge in [0.05, 0.1) is 27.4 Å². The van der Waals surface area contributed by atoms with Gasteiger partial charge in [0.25, 0.3) is 0 Å². The summed E-state index contributed by atoms with van der Waals surface area (Å²) in [7, 11) is 2.37. The summed E-state index contributed by atoms with van der Waals surface area (Å²) < 4.78 is 18.3. The smallest absolute Gasteiger partial charge is 0.331 e. The molecule has 0 rings (SSSR count). The van der Waals surface area contributed by atoms with Crippen molar-refractivity contribution in [2.45, 2.75) is 6.92 Å². The average molecular weight is 314 g/mol. The van der Waals surface area contributed by atoms with E-state index in [9.17, 15) is 19.2 Å². The summed E-state index contributed by atoms with van der Waals surface area (Å²) in [5, 5.41) is 0. The van der Waals surface area contributed by atoms with E-state index < -0.39 is 23.9 Å². The lowest BCUT2D eigenvalue weighted by molar-refractivity contribution is -0.143. The molecule has 0 amide bonds. The highest BCUT2D eigenvalue weighted by Gasteiger charge is 2.08. The van der Waals surface area contributed by atoms with Crippen molar-refractivity contribution in [3.8, 4) is 0 Å². The Kier molecular flexibility index (Phi) is 9.74. The van der Waals surface area contributed by atoms with Gasteiger partial charge in [0.2, 0.25) is 0 Å². The van der Waals surface area contributed by atoms with Crippen LogP contribution in [0.2, 0.25) is 0 Å². The van der Waals surface area contributed by atoms with E-state index in [0.29, 0.717) is 0 Å². The van der Waals surface area contributed by atoms with Crippen molar-refractivity contribution in [2.75, 3.05) is 27.4 Å². The van der Waals surface area contributed by atoms with Crippen LogP contribution in [0.15, 0.2) is 24.3 Å². The van der Waals surface area contributed by atoms with Crippen molar-refractivity contribution in [3.05, 3.63) is 24.3 Å². The van der Waals surface area contributed by atoms with Gasteiger partial charge < -0.3 is 18.9 Å². The Labute approximate surface area is 127 Å². The number of carbonyl (C=O) groups is 4. The molecule has 0 aliphatic rings. The van der Waals surface area contributed by atoms with Gasteiger partial charge >= 0.3 is 23.9 Å². The van der Waals surface area contributed by atoms with Crippen LogP contribution in [0, 0.1) is 5.92 Å². The first-order valence-electron chi connectivity index (χ1n) is 6.24. The molecule has 0 aromatic carbocycles. The molecule has 0 fully saturated rings. The largest absolute Gasteiger partial charge is 0.466 e. The number of hydrogen-bond donors (Lipinski definition) is 0. The second-order valence-electron chi connectivity index (χ2n) is 4.08. The second kappa shape index (κ2) is 11.1. The van der Waals surface area contributed by atoms with Crippen molar-refractivity contribution >= 4 is 23.9 Å². The van der Waals surface area contributed by atoms with E-state index in [2.05, 4.69) is 9.47 Å². The van der Waals surface area contributed by atoms with Crippen LogP contribution in [0.1, 0.15) is 6.92 Å². The molecule has 122 valence electrons. The summed E-state index contributed by atoms with van der Waals surface area (Å²) in [5.41, 5.74) is 0. The van der Waals surface area contributed by atoms with Crippen LogP contribution in [-0.2, 0) is 38.1 Å². The molecule has 8 nitrogen and oxygen atoms in total. The fraction of sp³-hybridized carbons (Fsp3) is 0.429. The van der Waals surface area contributed by atoms with E-state index >= 15 is 0 Å². The van der Waals surface area contributed by atoms with Crippen LogP contribution in [0.25, 0.3) is 0 Å². The van der Waals surface area contributed by atoms with Crippen molar-refractivity contribution in [2.24, 2.45) is 5.92 Å². The first-order chi connectivity index (χ1) is 10.4. The lowest BCUT2D eigenvalue weighted by Crippen LogP contribution is -2.17. The molecule has 8 heteroatoms. The van der Waals surface area contributed by atoms with Crippen LogP contribution in [0.5, 0.6) is 0 Å². The molecule has 0 saturated heterocycles. The number of methoxy groups -OCH3 is 2. The van der Waals surface area contributed by atoms with Gasteiger partial charge in [-0.15, -0.1) is 0 Å². The molecule has 0 aromatic rings. The molecule has 0 atom stereocenters. The van der Waals surface area contributed by atoms with Gasteiger partial charge in [-0.3, -0.25) is 0 Å². The molecule has 0 aliphatic heterocycles. The molecular weight excluding hydrogens is 296 g/mol. The van der Waals surface area contributed by atoms with Crippen molar-refractivity contribution in [1.82, 2.24) is 0 Å². The summed E-state index contributed by atoms with van der Waals surface area (Å²) >= 11 is 0. The maximum atomic E-state index is 11.2. The molecule has 0 N–H and O–H groups in total. The summed E-state index contributed by atoms with van der Waals surface area (Å²) in [4.78, 5) is 44.0. The highest BCUT2D eigenvalue weighted by atomic mass is 16.5. The van der Waals surface area contributed by atoms with E-state index in [-0.39, 0.29) is 19.1 Å². The molecule has 0 aliphatic carbocycles. The first-order valence-corrected chi connectivity index (χ1v) is 6.24. The van der Waals surface area contributed by atoms with Crippen LogP contribution in [0.3, 0.4) is 0 Å². The number of ether oxygens (including phenoxy) is 4. The molecule has 22 heavy (non-hydrogen) atoms. The number of esters is 4. The summed E-state index contributed by atoms with van der Waals surface area (Å²) in [6.45, 7) is 1.69. The Morgan fingerprint density at radius 3 is 1.36 bits per heavy atom. The maximum Gasteiger partial charge on any atom is 0.331 e. The zero-order valence-electron chi connectivity index (χ0n) is 12.6. The standard InChI is InChI=1S/C14H18O8/c1-10(8-21-13(17)6-4-11(15)19-2)9-22-14(18)7-5-12(16)20-3/h4-7,10H,8-9H2,1-3H3/b6-4+,7-5+.